The van der Waals surface area contributed by atoms with Crippen molar-refractivity contribution in [1.29, 1.82) is 0 Å². The van der Waals surface area contributed by atoms with E-state index in [1.165, 1.54) is 12.8 Å². The van der Waals surface area contributed by atoms with E-state index in [2.05, 4.69) is 26.1 Å². The summed E-state index contributed by atoms with van der Waals surface area (Å²) in [6.07, 6.45) is 3.71. The minimum atomic E-state index is -0.276. The highest BCUT2D eigenvalue weighted by molar-refractivity contribution is 5.81. The van der Waals surface area contributed by atoms with Crippen LogP contribution in [0.25, 0.3) is 0 Å². The summed E-state index contributed by atoms with van der Waals surface area (Å²) >= 11 is 0. The van der Waals surface area contributed by atoms with Gasteiger partial charge in [0.25, 0.3) is 0 Å². The topological polar surface area (TPSA) is 29.1 Å². The first-order valence-electron chi connectivity index (χ1n) is 7.02. The third-order valence-corrected chi connectivity index (χ3v) is 4.02. The van der Waals surface area contributed by atoms with Crippen LogP contribution in [0.1, 0.15) is 60.8 Å². The van der Waals surface area contributed by atoms with E-state index >= 15 is 0 Å². The van der Waals surface area contributed by atoms with Crippen LogP contribution in [-0.4, -0.2) is 11.9 Å². The third kappa shape index (κ3) is 4.01. The molecular weight excluding hydrogens is 210 g/mol. The Morgan fingerprint density at radius 3 is 2.29 bits per heavy atom. The molecule has 0 aliphatic heterocycles. The van der Waals surface area contributed by atoms with Crippen LogP contribution in [0.4, 0.5) is 0 Å². The quantitative estimate of drug-likeness (QED) is 0.783. The third-order valence-electron chi connectivity index (χ3n) is 4.02. The molecule has 1 rings (SSSR count). The highest BCUT2D eigenvalue weighted by Crippen LogP contribution is 2.33. The zero-order chi connectivity index (χ0) is 13.2. The van der Waals surface area contributed by atoms with Crippen molar-refractivity contribution >= 4 is 5.91 Å². The molecule has 2 heteroatoms. The summed E-state index contributed by atoms with van der Waals surface area (Å²) in [5.74, 6) is 2.25. The first-order chi connectivity index (χ1) is 7.71. The van der Waals surface area contributed by atoms with Gasteiger partial charge in [-0.2, -0.15) is 0 Å². The summed E-state index contributed by atoms with van der Waals surface area (Å²) in [6, 6.07) is 0.380. The lowest BCUT2D eigenvalue weighted by atomic mass is 9.73. The van der Waals surface area contributed by atoms with Gasteiger partial charge >= 0.3 is 0 Å². The van der Waals surface area contributed by atoms with Gasteiger partial charge in [-0.3, -0.25) is 4.79 Å². The van der Waals surface area contributed by atoms with Gasteiger partial charge in [-0.1, -0.05) is 48.0 Å². The zero-order valence-corrected chi connectivity index (χ0v) is 12.3. The Morgan fingerprint density at radius 1 is 1.24 bits per heavy atom. The highest BCUT2D eigenvalue weighted by atomic mass is 16.2. The van der Waals surface area contributed by atoms with Crippen LogP contribution < -0.4 is 5.32 Å². The van der Waals surface area contributed by atoms with Gasteiger partial charge in [-0.15, -0.1) is 0 Å². The largest absolute Gasteiger partial charge is 0.353 e. The maximum absolute atomic E-state index is 12.1. The molecule has 0 saturated heterocycles. The molecule has 0 aromatic heterocycles. The van der Waals surface area contributed by atoms with E-state index in [-0.39, 0.29) is 11.3 Å². The fraction of sp³-hybridized carbons (Fsp3) is 0.933. The Labute approximate surface area is 107 Å². The number of amides is 1. The van der Waals surface area contributed by atoms with Crippen molar-refractivity contribution in [3.05, 3.63) is 0 Å². The molecule has 0 aromatic carbocycles. The molecule has 1 amide bonds. The lowest BCUT2D eigenvalue weighted by Crippen LogP contribution is -2.49. The Morgan fingerprint density at radius 2 is 1.82 bits per heavy atom. The number of carbonyl (C=O) groups is 1. The summed E-state index contributed by atoms with van der Waals surface area (Å²) in [6.45, 7) is 12.8. The number of rotatable bonds is 2. The molecule has 1 fully saturated rings. The van der Waals surface area contributed by atoms with Crippen LogP contribution in [0.15, 0.2) is 0 Å². The van der Waals surface area contributed by atoms with Crippen molar-refractivity contribution in [2.75, 3.05) is 0 Å². The summed E-state index contributed by atoms with van der Waals surface area (Å²) < 4.78 is 0. The predicted molar refractivity (Wildman–Crippen MR) is 72.7 cm³/mol. The van der Waals surface area contributed by atoms with Crippen LogP contribution in [0.2, 0.25) is 0 Å². The summed E-state index contributed by atoms with van der Waals surface area (Å²) in [7, 11) is 0. The smallest absolute Gasteiger partial charge is 0.225 e. The molecular formula is C15H29NO. The van der Waals surface area contributed by atoms with Crippen molar-refractivity contribution in [1.82, 2.24) is 5.32 Å². The number of nitrogens with one attached hydrogen (secondary N) is 1. The predicted octanol–water partition coefficient (Wildman–Crippen LogP) is 3.61. The van der Waals surface area contributed by atoms with Gasteiger partial charge < -0.3 is 5.32 Å². The molecule has 0 aromatic rings. The Kier molecular flexibility index (Phi) is 4.62. The molecule has 3 atom stereocenters. The lowest BCUT2D eigenvalue weighted by Gasteiger charge is -2.39. The molecule has 1 N–H and O–H groups in total. The van der Waals surface area contributed by atoms with E-state index in [0.717, 1.165) is 12.3 Å². The van der Waals surface area contributed by atoms with Gasteiger partial charge in [0.05, 0.1) is 0 Å². The maximum Gasteiger partial charge on any atom is 0.225 e. The van der Waals surface area contributed by atoms with Gasteiger partial charge in [-0.05, 0) is 30.6 Å². The van der Waals surface area contributed by atoms with E-state index in [1.807, 2.05) is 20.8 Å². The number of hydrogen-bond donors (Lipinski definition) is 1. The van der Waals surface area contributed by atoms with E-state index in [0.29, 0.717) is 17.9 Å². The molecule has 1 saturated carbocycles. The molecule has 2 nitrogen and oxygen atoms in total. The van der Waals surface area contributed by atoms with Gasteiger partial charge in [0.1, 0.15) is 0 Å². The first-order valence-corrected chi connectivity index (χ1v) is 7.02. The highest BCUT2D eigenvalue weighted by Gasteiger charge is 2.33. The molecule has 1 aliphatic carbocycles. The Bertz CT molecular complexity index is 265. The van der Waals surface area contributed by atoms with Crippen LogP contribution >= 0.6 is 0 Å². The molecule has 1 aliphatic rings. The van der Waals surface area contributed by atoms with Gasteiger partial charge in [0.2, 0.25) is 5.91 Å². The SMILES string of the molecule is CC(C)[C@@H]1CC[C@@H](C)C[C@H]1NC(=O)C(C)(C)C. The summed E-state index contributed by atoms with van der Waals surface area (Å²) in [4.78, 5) is 12.1. The minimum absolute atomic E-state index is 0.197. The fourth-order valence-corrected chi connectivity index (χ4v) is 2.75. The molecule has 0 spiro atoms. The number of hydrogen-bond acceptors (Lipinski definition) is 1. The van der Waals surface area contributed by atoms with Crippen LogP contribution in [0, 0.1) is 23.2 Å². The van der Waals surface area contributed by atoms with Gasteiger partial charge in [0.15, 0.2) is 0 Å². The van der Waals surface area contributed by atoms with Crippen LogP contribution in [0.3, 0.4) is 0 Å². The monoisotopic (exact) mass is 239 g/mol. The molecule has 17 heavy (non-hydrogen) atoms. The van der Waals surface area contributed by atoms with Crippen molar-refractivity contribution in [2.45, 2.75) is 66.8 Å². The van der Waals surface area contributed by atoms with Crippen molar-refractivity contribution in [3.8, 4) is 0 Å². The normalized spacial score (nSPS) is 30.4. The van der Waals surface area contributed by atoms with Crippen LogP contribution in [-0.2, 0) is 4.79 Å². The van der Waals surface area contributed by atoms with Gasteiger partial charge in [0, 0.05) is 11.5 Å². The summed E-state index contributed by atoms with van der Waals surface area (Å²) in [5.41, 5.74) is -0.276. The van der Waals surface area contributed by atoms with Gasteiger partial charge in [-0.25, -0.2) is 0 Å². The Hall–Kier alpha value is -0.530. The van der Waals surface area contributed by atoms with Crippen molar-refractivity contribution in [3.63, 3.8) is 0 Å². The van der Waals surface area contributed by atoms with E-state index in [1.54, 1.807) is 0 Å². The van der Waals surface area contributed by atoms with E-state index in [9.17, 15) is 4.79 Å². The first kappa shape index (κ1) is 14.5. The molecule has 0 unspecified atom stereocenters. The van der Waals surface area contributed by atoms with E-state index in [4.69, 9.17) is 0 Å². The van der Waals surface area contributed by atoms with Crippen molar-refractivity contribution in [2.24, 2.45) is 23.2 Å². The average Bonchev–Trinajstić information content (AvgIpc) is 2.15. The lowest BCUT2D eigenvalue weighted by molar-refractivity contribution is -0.130. The average molecular weight is 239 g/mol. The maximum atomic E-state index is 12.1. The summed E-state index contributed by atoms with van der Waals surface area (Å²) in [5, 5.41) is 3.28. The Balaban J connectivity index is 2.67. The molecule has 100 valence electrons. The second-order valence-electron chi connectivity index (χ2n) is 7.16. The second-order valence-corrected chi connectivity index (χ2v) is 7.16. The van der Waals surface area contributed by atoms with Crippen molar-refractivity contribution < 1.29 is 4.79 Å². The molecule has 0 bridgehead atoms. The second kappa shape index (κ2) is 5.41. The standard InChI is InChI=1S/C15H29NO/c1-10(2)12-8-7-11(3)9-13(12)16-14(17)15(4,5)6/h10-13H,7-9H2,1-6H3,(H,16,17)/t11-,12+,13-/m1/s1. The van der Waals surface area contributed by atoms with Crippen LogP contribution in [0.5, 0.6) is 0 Å². The number of carbonyl (C=O) groups excluding carboxylic acids is 1. The molecule has 0 heterocycles. The van der Waals surface area contributed by atoms with E-state index < -0.39 is 0 Å². The fourth-order valence-electron chi connectivity index (χ4n) is 2.75. The minimum Gasteiger partial charge on any atom is -0.353 e. The zero-order valence-electron chi connectivity index (χ0n) is 12.3. The molecule has 0 radical (unpaired) electrons.